The van der Waals surface area contributed by atoms with Crippen LogP contribution in [0.4, 0.5) is 4.39 Å². The van der Waals surface area contributed by atoms with E-state index in [1.165, 1.54) is 12.1 Å². The van der Waals surface area contributed by atoms with Crippen molar-refractivity contribution in [2.75, 3.05) is 7.11 Å². The number of hydrogen-bond donors (Lipinski definition) is 1. The molecule has 2 rings (SSSR count). The van der Waals surface area contributed by atoms with Crippen LogP contribution in [0.15, 0.2) is 24.3 Å². The molecule has 0 atom stereocenters. The van der Waals surface area contributed by atoms with Gasteiger partial charge in [0.25, 0.3) is 0 Å². The van der Waals surface area contributed by atoms with E-state index in [4.69, 9.17) is 10.5 Å². The van der Waals surface area contributed by atoms with Crippen LogP contribution in [0.2, 0.25) is 0 Å². The zero-order valence-electron chi connectivity index (χ0n) is 10.5. The zero-order valence-corrected chi connectivity index (χ0v) is 10.5. The molecule has 1 aromatic heterocycles. The van der Waals surface area contributed by atoms with E-state index < -0.39 is 0 Å². The highest BCUT2D eigenvalue weighted by atomic mass is 19.1. The van der Waals surface area contributed by atoms with Crippen LogP contribution in [0.1, 0.15) is 18.2 Å². The normalized spacial score (nSPS) is 10.7. The molecule has 0 amide bonds. The summed E-state index contributed by atoms with van der Waals surface area (Å²) in [6.45, 7) is 2.38. The summed E-state index contributed by atoms with van der Waals surface area (Å²) in [5, 5.41) is 4.46. The molecule has 5 heteroatoms. The van der Waals surface area contributed by atoms with Crippen molar-refractivity contribution in [1.82, 2.24) is 9.78 Å². The highest BCUT2D eigenvalue weighted by Crippen LogP contribution is 2.26. The van der Waals surface area contributed by atoms with E-state index in [1.807, 2.05) is 6.92 Å². The molecule has 1 aromatic carbocycles. The van der Waals surface area contributed by atoms with Gasteiger partial charge >= 0.3 is 0 Å². The Bertz CT molecular complexity index is 534. The average molecular weight is 249 g/mol. The lowest BCUT2D eigenvalue weighted by molar-refractivity contribution is 0.379. The molecule has 0 aliphatic heterocycles. The van der Waals surface area contributed by atoms with Crippen molar-refractivity contribution in [3.05, 3.63) is 41.3 Å². The fraction of sp³-hybridized carbons (Fsp3) is 0.308. The number of aromatic nitrogens is 2. The van der Waals surface area contributed by atoms with Gasteiger partial charge in [-0.15, -0.1) is 0 Å². The second kappa shape index (κ2) is 5.18. The summed E-state index contributed by atoms with van der Waals surface area (Å²) >= 11 is 0. The lowest BCUT2D eigenvalue weighted by Gasteiger charge is -2.07. The third-order valence-electron chi connectivity index (χ3n) is 2.82. The third-order valence-corrected chi connectivity index (χ3v) is 2.82. The molecule has 0 saturated heterocycles. The Kier molecular flexibility index (Phi) is 3.62. The monoisotopic (exact) mass is 249 g/mol. The topological polar surface area (TPSA) is 53.1 Å². The third kappa shape index (κ3) is 2.09. The average Bonchev–Trinajstić information content (AvgIpc) is 2.77. The Hall–Kier alpha value is -1.88. The molecular formula is C13H16FN3O. The molecule has 0 spiro atoms. The summed E-state index contributed by atoms with van der Waals surface area (Å²) in [6, 6.07) is 6.10. The quantitative estimate of drug-likeness (QED) is 0.902. The van der Waals surface area contributed by atoms with Gasteiger partial charge in [-0.3, -0.25) is 0 Å². The molecule has 1 heterocycles. The number of rotatable bonds is 4. The van der Waals surface area contributed by atoms with E-state index in [1.54, 1.807) is 23.9 Å². The van der Waals surface area contributed by atoms with Crippen LogP contribution in [0.5, 0.6) is 5.88 Å². The van der Waals surface area contributed by atoms with Gasteiger partial charge in [-0.1, -0.05) is 6.92 Å². The molecule has 96 valence electrons. The van der Waals surface area contributed by atoms with Gasteiger partial charge in [-0.05, 0) is 30.7 Å². The van der Waals surface area contributed by atoms with Crippen molar-refractivity contribution in [2.45, 2.75) is 19.9 Å². The highest BCUT2D eigenvalue weighted by Gasteiger charge is 2.17. The fourth-order valence-electron chi connectivity index (χ4n) is 1.93. The van der Waals surface area contributed by atoms with E-state index in [9.17, 15) is 4.39 Å². The number of halogens is 1. The van der Waals surface area contributed by atoms with Crippen molar-refractivity contribution in [1.29, 1.82) is 0 Å². The Balaban J connectivity index is 2.56. The highest BCUT2D eigenvalue weighted by molar-refractivity contribution is 5.41. The van der Waals surface area contributed by atoms with E-state index in [0.717, 1.165) is 23.4 Å². The minimum absolute atomic E-state index is 0.278. The van der Waals surface area contributed by atoms with E-state index in [2.05, 4.69) is 5.10 Å². The molecule has 0 aliphatic carbocycles. The van der Waals surface area contributed by atoms with E-state index in [-0.39, 0.29) is 5.82 Å². The number of methoxy groups -OCH3 is 1. The summed E-state index contributed by atoms with van der Waals surface area (Å²) in [7, 11) is 1.58. The number of aryl methyl sites for hydroxylation is 1. The molecule has 4 nitrogen and oxygen atoms in total. The molecule has 2 N–H and O–H groups in total. The van der Waals surface area contributed by atoms with Crippen molar-refractivity contribution in [3.8, 4) is 11.6 Å². The van der Waals surface area contributed by atoms with Crippen molar-refractivity contribution < 1.29 is 9.13 Å². The first kappa shape index (κ1) is 12.6. The Morgan fingerprint density at radius 3 is 2.50 bits per heavy atom. The lowest BCUT2D eigenvalue weighted by Crippen LogP contribution is -2.03. The Morgan fingerprint density at radius 1 is 1.33 bits per heavy atom. The van der Waals surface area contributed by atoms with Crippen LogP contribution in [0.25, 0.3) is 5.69 Å². The second-order valence-corrected chi connectivity index (χ2v) is 3.88. The largest absolute Gasteiger partial charge is 0.481 e. The number of nitrogens with two attached hydrogens (primary N) is 1. The molecule has 18 heavy (non-hydrogen) atoms. The number of hydrogen-bond acceptors (Lipinski definition) is 3. The number of ether oxygens (including phenoxy) is 1. The predicted molar refractivity (Wildman–Crippen MR) is 67.3 cm³/mol. The molecule has 0 saturated carbocycles. The van der Waals surface area contributed by atoms with Crippen molar-refractivity contribution >= 4 is 0 Å². The molecule has 0 bridgehead atoms. The van der Waals surface area contributed by atoms with Crippen LogP contribution in [0.3, 0.4) is 0 Å². The van der Waals surface area contributed by atoms with Gasteiger partial charge in [0.05, 0.1) is 24.1 Å². The summed E-state index contributed by atoms with van der Waals surface area (Å²) in [4.78, 5) is 0. The minimum Gasteiger partial charge on any atom is -0.481 e. The second-order valence-electron chi connectivity index (χ2n) is 3.88. The van der Waals surface area contributed by atoms with Gasteiger partial charge in [0, 0.05) is 6.54 Å². The number of benzene rings is 1. The summed E-state index contributed by atoms with van der Waals surface area (Å²) in [5.74, 6) is 0.334. The molecule has 0 unspecified atom stereocenters. The first-order valence-corrected chi connectivity index (χ1v) is 5.82. The maximum Gasteiger partial charge on any atom is 0.221 e. The van der Waals surface area contributed by atoms with Gasteiger partial charge < -0.3 is 10.5 Å². The van der Waals surface area contributed by atoms with E-state index >= 15 is 0 Å². The SMILES string of the molecule is CCc1nn(-c2ccc(F)cc2)c(OC)c1CN. The summed E-state index contributed by atoms with van der Waals surface area (Å²) in [5.41, 5.74) is 8.27. The van der Waals surface area contributed by atoms with Gasteiger partial charge in [0.2, 0.25) is 5.88 Å². The molecule has 0 aliphatic rings. The Morgan fingerprint density at radius 2 is 2.00 bits per heavy atom. The summed E-state index contributed by atoms with van der Waals surface area (Å²) in [6.07, 6.45) is 0.775. The molecule has 0 radical (unpaired) electrons. The maximum absolute atomic E-state index is 12.9. The van der Waals surface area contributed by atoms with Gasteiger partial charge in [-0.2, -0.15) is 5.10 Å². The van der Waals surface area contributed by atoms with Crippen molar-refractivity contribution in [2.24, 2.45) is 5.73 Å². The zero-order chi connectivity index (χ0) is 13.1. The van der Waals surface area contributed by atoms with Crippen LogP contribution >= 0.6 is 0 Å². The summed E-state index contributed by atoms with van der Waals surface area (Å²) < 4.78 is 19.9. The smallest absolute Gasteiger partial charge is 0.221 e. The number of nitrogens with zero attached hydrogens (tertiary/aromatic N) is 2. The Labute approximate surface area is 105 Å². The van der Waals surface area contributed by atoms with Crippen molar-refractivity contribution in [3.63, 3.8) is 0 Å². The van der Waals surface area contributed by atoms with Crippen LogP contribution < -0.4 is 10.5 Å². The predicted octanol–water partition coefficient (Wildman–Crippen LogP) is 2.04. The van der Waals surface area contributed by atoms with Gasteiger partial charge in [0.1, 0.15) is 5.82 Å². The first-order chi connectivity index (χ1) is 8.71. The maximum atomic E-state index is 12.9. The first-order valence-electron chi connectivity index (χ1n) is 5.82. The van der Waals surface area contributed by atoms with Crippen LogP contribution in [-0.4, -0.2) is 16.9 Å². The van der Waals surface area contributed by atoms with Crippen LogP contribution in [0, 0.1) is 5.82 Å². The van der Waals surface area contributed by atoms with Crippen LogP contribution in [-0.2, 0) is 13.0 Å². The standard InChI is InChI=1S/C13H16FN3O/c1-3-12-11(8-15)13(18-2)17(16-12)10-6-4-9(14)5-7-10/h4-7H,3,8,15H2,1-2H3. The van der Waals surface area contributed by atoms with Gasteiger partial charge in [0.15, 0.2) is 0 Å². The molecular weight excluding hydrogens is 233 g/mol. The van der Waals surface area contributed by atoms with E-state index in [0.29, 0.717) is 12.4 Å². The minimum atomic E-state index is -0.278. The fourth-order valence-corrected chi connectivity index (χ4v) is 1.93. The molecule has 0 fully saturated rings. The van der Waals surface area contributed by atoms with Gasteiger partial charge in [-0.25, -0.2) is 9.07 Å². The lowest BCUT2D eigenvalue weighted by atomic mass is 10.2. The molecule has 2 aromatic rings.